The van der Waals surface area contributed by atoms with Crippen molar-refractivity contribution in [1.82, 2.24) is 4.72 Å². The van der Waals surface area contributed by atoms with Gasteiger partial charge < -0.3 is 0 Å². The minimum Gasteiger partial charge on any atom is -0.273 e. The maximum atomic E-state index is 11.8. The van der Waals surface area contributed by atoms with Crippen molar-refractivity contribution in [2.45, 2.75) is 53.2 Å². The Labute approximate surface area is 98.9 Å². The van der Waals surface area contributed by atoms with E-state index in [-0.39, 0.29) is 5.92 Å². The Bertz CT molecular complexity index is 339. The van der Waals surface area contributed by atoms with E-state index in [0.717, 1.165) is 0 Å². The van der Waals surface area contributed by atoms with Crippen molar-refractivity contribution in [1.29, 1.82) is 0 Å². The summed E-state index contributed by atoms with van der Waals surface area (Å²) in [6, 6.07) is 0. The molecule has 0 saturated heterocycles. The number of carbonyl (C=O) groups is 1. The van der Waals surface area contributed by atoms with Crippen LogP contribution in [-0.4, -0.2) is 19.6 Å². The molecule has 16 heavy (non-hydrogen) atoms. The van der Waals surface area contributed by atoms with E-state index in [2.05, 4.69) is 4.72 Å². The van der Waals surface area contributed by atoms with Crippen LogP contribution < -0.4 is 4.72 Å². The molecule has 0 aromatic rings. The predicted octanol–water partition coefficient (Wildman–Crippen LogP) is 1.91. The quantitative estimate of drug-likeness (QED) is 0.828. The first kappa shape index (κ1) is 15.4. The summed E-state index contributed by atoms with van der Waals surface area (Å²) in [4.78, 5) is 11.6. The normalized spacial score (nSPS) is 14.9. The number of carbonyl (C=O) groups excluding carboxylic acids is 1. The van der Waals surface area contributed by atoms with E-state index in [1.54, 1.807) is 27.7 Å². The minimum atomic E-state index is -3.54. The highest BCUT2D eigenvalue weighted by Gasteiger charge is 2.29. The standard InChI is InChI=1S/C11H23NO3S/c1-8(2)7-9(3)16(14,15)12-10(13)11(4,5)6/h8-9H,7H2,1-6H3,(H,12,13)/t9-/m1/s1. The maximum absolute atomic E-state index is 11.8. The zero-order valence-electron chi connectivity index (χ0n) is 11.0. The van der Waals surface area contributed by atoms with Crippen molar-refractivity contribution in [2.75, 3.05) is 0 Å². The molecule has 0 spiro atoms. The van der Waals surface area contributed by atoms with Gasteiger partial charge in [-0.15, -0.1) is 0 Å². The Morgan fingerprint density at radius 1 is 1.19 bits per heavy atom. The first-order chi connectivity index (χ1) is 6.97. The molecule has 0 aliphatic heterocycles. The summed E-state index contributed by atoms with van der Waals surface area (Å²) in [6.45, 7) is 10.6. The number of hydrogen-bond donors (Lipinski definition) is 1. The summed E-state index contributed by atoms with van der Waals surface area (Å²) in [5.41, 5.74) is -0.690. The Morgan fingerprint density at radius 2 is 1.62 bits per heavy atom. The molecule has 1 N–H and O–H groups in total. The first-order valence-electron chi connectivity index (χ1n) is 5.53. The molecule has 4 nitrogen and oxygen atoms in total. The highest BCUT2D eigenvalue weighted by Crippen LogP contribution is 2.16. The van der Waals surface area contributed by atoms with E-state index >= 15 is 0 Å². The monoisotopic (exact) mass is 249 g/mol. The van der Waals surface area contributed by atoms with Gasteiger partial charge in [0.25, 0.3) is 0 Å². The molecule has 0 bridgehead atoms. The average Bonchev–Trinajstić information content (AvgIpc) is 1.99. The molecule has 0 heterocycles. The van der Waals surface area contributed by atoms with Crippen LogP contribution in [0, 0.1) is 11.3 Å². The van der Waals surface area contributed by atoms with Gasteiger partial charge in [0, 0.05) is 5.41 Å². The Morgan fingerprint density at radius 3 is 1.94 bits per heavy atom. The summed E-state index contributed by atoms with van der Waals surface area (Å²) < 4.78 is 25.7. The van der Waals surface area contributed by atoms with Crippen molar-refractivity contribution >= 4 is 15.9 Å². The molecule has 5 heteroatoms. The molecular weight excluding hydrogens is 226 g/mol. The summed E-state index contributed by atoms with van der Waals surface area (Å²) in [5.74, 6) is -0.167. The van der Waals surface area contributed by atoms with E-state index in [0.29, 0.717) is 6.42 Å². The SMILES string of the molecule is CC(C)C[C@@H](C)S(=O)(=O)NC(=O)C(C)(C)C. The molecule has 0 fully saturated rings. The average molecular weight is 249 g/mol. The molecule has 0 aliphatic carbocycles. The van der Waals surface area contributed by atoms with Crippen molar-refractivity contribution in [2.24, 2.45) is 11.3 Å². The van der Waals surface area contributed by atoms with E-state index in [9.17, 15) is 13.2 Å². The number of amides is 1. The Balaban J connectivity index is 4.65. The third kappa shape index (κ3) is 4.96. The largest absolute Gasteiger partial charge is 0.273 e. The molecule has 0 aromatic heterocycles. The molecule has 1 amide bonds. The molecule has 0 radical (unpaired) electrons. The lowest BCUT2D eigenvalue weighted by molar-refractivity contribution is -0.126. The molecule has 96 valence electrons. The molecular formula is C11H23NO3S. The number of rotatable bonds is 4. The fraction of sp³-hybridized carbons (Fsp3) is 0.909. The van der Waals surface area contributed by atoms with Crippen LogP contribution in [0.3, 0.4) is 0 Å². The predicted molar refractivity (Wildman–Crippen MR) is 65.4 cm³/mol. The third-order valence-electron chi connectivity index (χ3n) is 2.25. The lowest BCUT2D eigenvalue weighted by atomic mass is 9.96. The van der Waals surface area contributed by atoms with Gasteiger partial charge in [0.05, 0.1) is 5.25 Å². The second-order valence-corrected chi connectivity index (χ2v) is 7.77. The summed E-state index contributed by atoms with van der Waals surface area (Å²) >= 11 is 0. The second kappa shape index (κ2) is 5.17. The summed E-state index contributed by atoms with van der Waals surface area (Å²) in [7, 11) is -3.54. The fourth-order valence-electron chi connectivity index (χ4n) is 1.17. The molecule has 0 aliphatic rings. The Kier molecular flexibility index (Phi) is 4.98. The van der Waals surface area contributed by atoms with Crippen LogP contribution in [0.5, 0.6) is 0 Å². The fourth-order valence-corrected chi connectivity index (χ4v) is 2.58. The van der Waals surface area contributed by atoms with Gasteiger partial charge in [-0.1, -0.05) is 34.6 Å². The van der Waals surface area contributed by atoms with Crippen LogP contribution in [0.15, 0.2) is 0 Å². The topological polar surface area (TPSA) is 63.2 Å². The van der Waals surface area contributed by atoms with Gasteiger partial charge in [0.15, 0.2) is 0 Å². The molecule has 0 aromatic carbocycles. The van der Waals surface area contributed by atoms with Crippen LogP contribution >= 0.6 is 0 Å². The smallest absolute Gasteiger partial charge is 0.238 e. The van der Waals surface area contributed by atoms with Gasteiger partial charge in [0.1, 0.15) is 0 Å². The van der Waals surface area contributed by atoms with Gasteiger partial charge >= 0.3 is 0 Å². The van der Waals surface area contributed by atoms with E-state index in [4.69, 9.17) is 0 Å². The van der Waals surface area contributed by atoms with E-state index in [1.807, 2.05) is 13.8 Å². The first-order valence-corrected chi connectivity index (χ1v) is 7.07. The third-order valence-corrected chi connectivity index (χ3v) is 3.97. The van der Waals surface area contributed by atoms with Crippen LogP contribution in [-0.2, 0) is 14.8 Å². The Hall–Kier alpha value is -0.580. The summed E-state index contributed by atoms with van der Waals surface area (Å²) in [5, 5.41) is -0.543. The van der Waals surface area contributed by atoms with Gasteiger partial charge in [0.2, 0.25) is 15.9 Å². The van der Waals surface area contributed by atoms with Crippen LogP contribution in [0.1, 0.15) is 48.0 Å². The highest BCUT2D eigenvalue weighted by molar-refractivity contribution is 7.90. The minimum absolute atomic E-state index is 0.288. The van der Waals surface area contributed by atoms with Crippen LogP contribution in [0.2, 0.25) is 0 Å². The maximum Gasteiger partial charge on any atom is 0.238 e. The van der Waals surface area contributed by atoms with Crippen molar-refractivity contribution in [3.63, 3.8) is 0 Å². The molecule has 1 atom stereocenters. The number of hydrogen-bond acceptors (Lipinski definition) is 3. The van der Waals surface area contributed by atoms with Gasteiger partial charge in [-0.05, 0) is 19.3 Å². The lowest BCUT2D eigenvalue weighted by Gasteiger charge is -2.21. The highest BCUT2D eigenvalue weighted by atomic mass is 32.2. The van der Waals surface area contributed by atoms with E-state index in [1.165, 1.54) is 0 Å². The molecule has 0 unspecified atom stereocenters. The molecule has 0 saturated carbocycles. The second-order valence-electron chi connectivity index (χ2n) is 5.67. The summed E-state index contributed by atoms with van der Waals surface area (Å²) in [6.07, 6.45) is 0.548. The van der Waals surface area contributed by atoms with E-state index < -0.39 is 26.6 Å². The zero-order valence-corrected chi connectivity index (χ0v) is 11.8. The van der Waals surface area contributed by atoms with Crippen LogP contribution in [0.4, 0.5) is 0 Å². The van der Waals surface area contributed by atoms with Crippen LogP contribution in [0.25, 0.3) is 0 Å². The number of sulfonamides is 1. The lowest BCUT2D eigenvalue weighted by Crippen LogP contribution is -2.43. The van der Waals surface area contributed by atoms with Crippen molar-refractivity contribution in [3.05, 3.63) is 0 Å². The van der Waals surface area contributed by atoms with Gasteiger partial charge in [-0.2, -0.15) is 0 Å². The number of nitrogens with one attached hydrogen (secondary N) is 1. The van der Waals surface area contributed by atoms with Gasteiger partial charge in [-0.25, -0.2) is 8.42 Å². The zero-order chi connectivity index (χ0) is 13.1. The van der Waals surface area contributed by atoms with Crippen molar-refractivity contribution < 1.29 is 13.2 Å². The van der Waals surface area contributed by atoms with Crippen molar-refractivity contribution in [3.8, 4) is 0 Å². The molecule has 0 rings (SSSR count). The van der Waals surface area contributed by atoms with Gasteiger partial charge in [-0.3, -0.25) is 9.52 Å².